The fourth-order valence-electron chi connectivity index (χ4n) is 1.13. The lowest BCUT2D eigenvalue weighted by atomic mass is 10.0. The quantitative estimate of drug-likeness (QED) is 0.723. The van der Waals surface area contributed by atoms with Crippen LogP contribution in [-0.2, 0) is 4.74 Å². The van der Waals surface area contributed by atoms with Crippen LogP contribution in [0.15, 0.2) is 16.6 Å². The Morgan fingerprint density at radius 1 is 1.57 bits per heavy atom. The van der Waals surface area contributed by atoms with E-state index in [0.717, 1.165) is 5.56 Å². The van der Waals surface area contributed by atoms with E-state index in [1.807, 2.05) is 6.07 Å². The van der Waals surface area contributed by atoms with Crippen molar-refractivity contribution < 1.29 is 9.53 Å². The highest BCUT2D eigenvalue weighted by Crippen LogP contribution is 2.23. The Hall–Kier alpha value is -1.34. The molecule has 14 heavy (non-hydrogen) atoms. The molecule has 1 rings (SSSR count). The van der Waals surface area contributed by atoms with E-state index in [1.54, 1.807) is 19.1 Å². The molecule has 0 heterocycles. The summed E-state index contributed by atoms with van der Waals surface area (Å²) in [7, 11) is 1.29. The zero-order valence-electron chi connectivity index (χ0n) is 7.80. The Labute approximate surface area is 90.4 Å². The van der Waals surface area contributed by atoms with Crippen molar-refractivity contribution in [1.29, 1.82) is 5.26 Å². The summed E-state index contributed by atoms with van der Waals surface area (Å²) in [6.07, 6.45) is 0. The first-order valence-corrected chi connectivity index (χ1v) is 4.68. The Morgan fingerprint density at radius 2 is 2.21 bits per heavy atom. The molecule has 0 aliphatic heterocycles. The number of aryl methyl sites for hydroxylation is 1. The number of hydrogen-bond donors (Lipinski definition) is 0. The van der Waals surface area contributed by atoms with Crippen molar-refractivity contribution >= 4 is 21.9 Å². The Morgan fingerprint density at radius 3 is 2.71 bits per heavy atom. The van der Waals surface area contributed by atoms with Crippen LogP contribution in [0.5, 0.6) is 0 Å². The van der Waals surface area contributed by atoms with Crippen LogP contribution in [0.2, 0.25) is 0 Å². The van der Waals surface area contributed by atoms with Crippen molar-refractivity contribution in [3.63, 3.8) is 0 Å². The lowest BCUT2D eigenvalue weighted by molar-refractivity contribution is 0.0599. The summed E-state index contributed by atoms with van der Waals surface area (Å²) >= 11 is 3.21. The highest BCUT2D eigenvalue weighted by molar-refractivity contribution is 9.10. The second-order valence-corrected chi connectivity index (χ2v) is 3.57. The molecule has 0 amide bonds. The van der Waals surface area contributed by atoms with Crippen molar-refractivity contribution in [2.75, 3.05) is 7.11 Å². The van der Waals surface area contributed by atoms with Crippen molar-refractivity contribution in [2.45, 2.75) is 6.92 Å². The van der Waals surface area contributed by atoms with Gasteiger partial charge in [0.25, 0.3) is 0 Å². The first kappa shape index (κ1) is 10.7. The molecule has 4 heteroatoms. The van der Waals surface area contributed by atoms with Gasteiger partial charge in [0.15, 0.2) is 0 Å². The van der Waals surface area contributed by atoms with Gasteiger partial charge in [-0.2, -0.15) is 5.26 Å². The normalized spacial score (nSPS) is 9.29. The molecule has 1 aromatic carbocycles. The SMILES string of the molecule is COC(=O)c1c(Br)ccc(C)c1C#N. The average molecular weight is 254 g/mol. The smallest absolute Gasteiger partial charge is 0.340 e. The third kappa shape index (κ3) is 1.78. The Bertz CT molecular complexity index is 421. The predicted octanol–water partition coefficient (Wildman–Crippen LogP) is 2.42. The summed E-state index contributed by atoms with van der Waals surface area (Å²) in [6, 6.07) is 5.49. The Balaban J connectivity index is 3.47. The number of esters is 1. The lowest BCUT2D eigenvalue weighted by Gasteiger charge is -2.06. The van der Waals surface area contributed by atoms with E-state index < -0.39 is 5.97 Å². The van der Waals surface area contributed by atoms with Crippen molar-refractivity contribution in [1.82, 2.24) is 0 Å². The van der Waals surface area contributed by atoms with Crippen LogP contribution in [0.1, 0.15) is 21.5 Å². The molecule has 3 nitrogen and oxygen atoms in total. The maximum absolute atomic E-state index is 11.4. The minimum atomic E-state index is -0.503. The van der Waals surface area contributed by atoms with E-state index in [-0.39, 0.29) is 5.56 Å². The molecule has 0 radical (unpaired) electrons. The van der Waals surface area contributed by atoms with Crippen LogP contribution >= 0.6 is 15.9 Å². The molecule has 0 saturated heterocycles. The average Bonchev–Trinajstić information content (AvgIpc) is 2.19. The Kier molecular flexibility index (Phi) is 3.26. The second-order valence-electron chi connectivity index (χ2n) is 2.72. The van der Waals surface area contributed by atoms with Gasteiger partial charge >= 0.3 is 5.97 Å². The van der Waals surface area contributed by atoms with Crippen molar-refractivity contribution in [2.24, 2.45) is 0 Å². The fraction of sp³-hybridized carbons (Fsp3) is 0.200. The number of benzene rings is 1. The van der Waals surface area contributed by atoms with Gasteiger partial charge in [-0.05, 0) is 34.5 Å². The molecule has 1 aromatic rings. The topological polar surface area (TPSA) is 50.1 Å². The van der Waals surface area contributed by atoms with Gasteiger partial charge in [0.1, 0.15) is 6.07 Å². The largest absolute Gasteiger partial charge is 0.465 e. The summed E-state index contributed by atoms with van der Waals surface area (Å²) in [4.78, 5) is 11.4. The third-order valence-corrected chi connectivity index (χ3v) is 2.52. The van der Waals surface area contributed by atoms with E-state index in [1.165, 1.54) is 7.11 Å². The fourth-order valence-corrected chi connectivity index (χ4v) is 1.62. The molecule has 0 fully saturated rings. The van der Waals surface area contributed by atoms with Crippen molar-refractivity contribution in [3.8, 4) is 6.07 Å². The maximum Gasteiger partial charge on any atom is 0.340 e. The molecular weight excluding hydrogens is 246 g/mol. The van der Waals surface area contributed by atoms with Gasteiger partial charge in [0, 0.05) is 4.47 Å². The van der Waals surface area contributed by atoms with Gasteiger partial charge in [0.2, 0.25) is 0 Å². The minimum Gasteiger partial charge on any atom is -0.465 e. The van der Waals surface area contributed by atoms with E-state index >= 15 is 0 Å². The summed E-state index contributed by atoms with van der Waals surface area (Å²) < 4.78 is 5.17. The highest BCUT2D eigenvalue weighted by Gasteiger charge is 2.17. The number of hydrogen-bond acceptors (Lipinski definition) is 3. The molecule has 0 saturated carbocycles. The van der Waals surface area contributed by atoms with Gasteiger partial charge < -0.3 is 4.74 Å². The van der Waals surface area contributed by atoms with Gasteiger partial charge in [-0.15, -0.1) is 0 Å². The van der Waals surface area contributed by atoms with Gasteiger partial charge in [-0.25, -0.2) is 4.79 Å². The molecule has 0 aliphatic rings. The number of rotatable bonds is 1. The molecule has 0 bridgehead atoms. The summed E-state index contributed by atoms with van der Waals surface area (Å²) in [5.41, 5.74) is 1.40. The van der Waals surface area contributed by atoms with Gasteiger partial charge in [-0.1, -0.05) is 6.07 Å². The van der Waals surface area contributed by atoms with E-state index in [2.05, 4.69) is 20.7 Å². The van der Waals surface area contributed by atoms with E-state index in [4.69, 9.17) is 5.26 Å². The van der Waals surface area contributed by atoms with Crippen molar-refractivity contribution in [3.05, 3.63) is 33.3 Å². The summed E-state index contributed by atoms with van der Waals surface area (Å²) in [5, 5.41) is 8.89. The molecule has 0 N–H and O–H groups in total. The van der Waals surface area contributed by atoms with Crippen LogP contribution in [0.25, 0.3) is 0 Å². The first-order valence-electron chi connectivity index (χ1n) is 3.89. The number of carbonyl (C=O) groups is 1. The highest BCUT2D eigenvalue weighted by atomic mass is 79.9. The van der Waals surface area contributed by atoms with Crippen LogP contribution in [0.3, 0.4) is 0 Å². The first-order chi connectivity index (χ1) is 6.61. The van der Waals surface area contributed by atoms with E-state index in [0.29, 0.717) is 10.0 Å². The molecule has 0 aliphatic carbocycles. The lowest BCUT2D eigenvalue weighted by Crippen LogP contribution is -2.06. The minimum absolute atomic E-state index is 0.287. The molecule has 0 aromatic heterocycles. The molecular formula is C10H8BrNO2. The molecule has 0 spiro atoms. The number of nitriles is 1. The summed E-state index contributed by atoms with van der Waals surface area (Å²) in [5.74, 6) is -0.503. The van der Waals surface area contributed by atoms with Crippen LogP contribution in [0, 0.1) is 18.3 Å². The third-order valence-electron chi connectivity index (χ3n) is 1.86. The van der Waals surface area contributed by atoms with Gasteiger partial charge in [-0.3, -0.25) is 0 Å². The molecule has 0 unspecified atom stereocenters. The zero-order chi connectivity index (χ0) is 10.7. The number of nitrogens with zero attached hydrogens (tertiary/aromatic N) is 1. The standard InChI is InChI=1S/C10H8BrNO2/c1-6-3-4-8(11)9(7(6)5-12)10(13)14-2/h3-4H,1-2H3. The van der Waals surface area contributed by atoms with Crippen LogP contribution in [0.4, 0.5) is 0 Å². The molecule has 72 valence electrons. The van der Waals surface area contributed by atoms with Gasteiger partial charge in [0.05, 0.1) is 18.2 Å². The second kappa shape index (κ2) is 4.25. The van der Waals surface area contributed by atoms with Crippen LogP contribution in [-0.4, -0.2) is 13.1 Å². The number of methoxy groups -OCH3 is 1. The summed E-state index contributed by atoms with van der Waals surface area (Å²) in [6.45, 7) is 1.78. The monoisotopic (exact) mass is 253 g/mol. The zero-order valence-corrected chi connectivity index (χ0v) is 9.38. The molecule has 0 atom stereocenters. The van der Waals surface area contributed by atoms with E-state index in [9.17, 15) is 4.79 Å². The number of halogens is 1. The number of carbonyl (C=O) groups excluding carboxylic acids is 1. The predicted molar refractivity (Wildman–Crippen MR) is 54.9 cm³/mol. The maximum atomic E-state index is 11.4. The van der Waals surface area contributed by atoms with Crippen LogP contribution < -0.4 is 0 Å². The number of ether oxygens (including phenoxy) is 1.